The highest BCUT2D eigenvalue weighted by molar-refractivity contribution is 7.05. The van der Waals surface area contributed by atoms with Gasteiger partial charge in [0.25, 0.3) is 0 Å². The summed E-state index contributed by atoms with van der Waals surface area (Å²) in [4.78, 5) is 1.25. The molecule has 3 nitrogen and oxygen atoms in total. The molecule has 0 radical (unpaired) electrons. The van der Waals surface area contributed by atoms with Crippen molar-refractivity contribution in [2.24, 2.45) is 5.92 Å². The van der Waals surface area contributed by atoms with Crippen molar-refractivity contribution >= 4 is 11.5 Å². The number of hydrogen-bond donors (Lipinski definition) is 1. The van der Waals surface area contributed by atoms with Gasteiger partial charge in [-0.05, 0) is 30.9 Å². The van der Waals surface area contributed by atoms with Crippen molar-refractivity contribution in [2.45, 2.75) is 39.2 Å². The molecule has 2 unspecified atom stereocenters. The lowest BCUT2D eigenvalue weighted by molar-refractivity contribution is 0.410. The lowest BCUT2D eigenvalue weighted by Gasteiger charge is -2.18. The van der Waals surface area contributed by atoms with Crippen LogP contribution in [0.4, 0.5) is 0 Å². The summed E-state index contributed by atoms with van der Waals surface area (Å²) >= 11 is 1.49. The Morgan fingerprint density at radius 2 is 2.36 bits per heavy atom. The van der Waals surface area contributed by atoms with E-state index in [9.17, 15) is 0 Å². The van der Waals surface area contributed by atoms with Gasteiger partial charge in [-0.2, -0.15) is 0 Å². The summed E-state index contributed by atoms with van der Waals surface area (Å²) in [5.74, 6) is 0.763. The monoisotopic (exact) mass is 213 g/mol. The van der Waals surface area contributed by atoms with Crippen LogP contribution in [-0.4, -0.2) is 16.6 Å². The Morgan fingerprint density at radius 1 is 1.57 bits per heavy atom. The standard InChI is InChI=1S/C10H19N3S/c1-4-5-8(2)6-9(11-3)10-7-12-13-14-10/h7-9,11H,4-6H2,1-3H3. The zero-order chi connectivity index (χ0) is 10.4. The predicted molar refractivity (Wildman–Crippen MR) is 60.4 cm³/mol. The maximum Gasteiger partial charge on any atom is 0.0669 e. The van der Waals surface area contributed by atoms with Gasteiger partial charge in [0, 0.05) is 6.04 Å². The number of nitrogens with one attached hydrogen (secondary N) is 1. The number of aromatic nitrogens is 2. The second-order valence-corrected chi connectivity index (χ2v) is 4.61. The first kappa shape index (κ1) is 11.6. The molecule has 0 bridgehead atoms. The van der Waals surface area contributed by atoms with Crippen LogP contribution >= 0.6 is 11.5 Å². The maximum absolute atomic E-state index is 3.90. The molecule has 0 saturated carbocycles. The Kier molecular flexibility index (Phi) is 5.04. The first-order chi connectivity index (χ1) is 6.77. The average molecular weight is 213 g/mol. The largest absolute Gasteiger partial charge is 0.312 e. The van der Waals surface area contributed by atoms with Gasteiger partial charge in [0.1, 0.15) is 0 Å². The minimum atomic E-state index is 0.427. The van der Waals surface area contributed by atoms with Crippen molar-refractivity contribution in [2.75, 3.05) is 7.05 Å². The fourth-order valence-corrected chi connectivity index (χ4v) is 2.34. The van der Waals surface area contributed by atoms with Crippen LogP contribution in [0.5, 0.6) is 0 Å². The van der Waals surface area contributed by atoms with Gasteiger partial charge < -0.3 is 5.32 Å². The van der Waals surface area contributed by atoms with E-state index in [2.05, 4.69) is 28.8 Å². The Morgan fingerprint density at radius 3 is 2.86 bits per heavy atom. The minimum Gasteiger partial charge on any atom is -0.312 e. The molecule has 0 aliphatic rings. The van der Waals surface area contributed by atoms with Gasteiger partial charge in [-0.15, -0.1) is 5.10 Å². The Balaban J connectivity index is 2.47. The molecule has 0 aromatic carbocycles. The quantitative estimate of drug-likeness (QED) is 0.789. The SMILES string of the molecule is CCCC(C)CC(NC)c1cnns1. The molecule has 2 atom stereocenters. The second kappa shape index (κ2) is 6.09. The lowest BCUT2D eigenvalue weighted by atomic mass is 9.97. The molecule has 1 rings (SSSR count). The first-order valence-electron chi connectivity index (χ1n) is 5.22. The molecular weight excluding hydrogens is 194 g/mol. The maximum atomic E-state index is 3.90. The van der Waals surface area contributed by atoms with Gasteiger partial charge in [-0.1, -0.05) is 31.2 Å². The Hall–Kier alpha value is -0.480. The highest BCUT2D eigenvalue weighted by Crippen LogP contribution is 2.24. The zero-order valence-corrected chi connectivity index (χ0v) is 9.97. The summed E-state index contributed by atoms with van der Waals surface area (Å²) < 4.78 is 3.90. The Bertz CT molecular complexity index is 236. The highest BCUT2D eigenvalue weighted by atomic mass is 32.1. The van der Waals surface area contributed by atoms with Crippen LogP contribution in [0.1, 0.15) is 44.0 Å². The third-order valence-corrected chi connectivity index (χ3v) is 3.27. The van der Waals surface area contributed by atoms with Gasteiger partial charge in [-0.3, -0.25) is 0 Å². The molecule has 0 spiro atoms. The number of rotatable bonds is 6. The fourth-order valence-electron chi connectivity index (χ4n) is 1.72. The topological polar surface area (TPSA) is 37.8 Å². The van der Waals surface area contributed by atoms with Crippen molar-refractivity contribution in [1.29, 1.82) is 0 Å². The van der Waals surface area contributed by atoms with Crippen LogP contribution in [-0.2, 0) is 0 Å². The predicted octanol–water partition coefficient (Wildman–Crippen LogP) is 2.62. The van der Waals surface area contributed by atoms with E-state index in [-0.39, 0.29) is 0 Å². The van der Waals surface area contributed by atoms with Gasteiger partial charge >= 0.3 is 0 Å². The van der Waals surface area contributed by atoms with Crippen molar-refractivity contribution < 1.29 is 0 Å². The Labute approximate surface area is 90.1 Å². The van der Waals surface area contributed by atoms with E-state index in [4.69, 9.17) is 0 Å². The van der Waals surface area contributed by atoms with Crippen molar-refractivity contribution in [1.82, 2.24) is 14.9 Å². The normalized spacial score (nSPS) is 15.4. The van der Waals surface area contributed by atoms with Crippen LogP contribution in [0, 0.1) is 5.92 Å². The van der Waals surface area contributed by atoms with E-state index in [0.717, 1.165) is 5.92 Å². The summed E-state index contributed by atoms with van der Waals surface area (Å²) in [6, 6.07) is 0.427. The van der Waals surface area contributed by atoms with Crippen molar-refractivity contribution in [3.63, 3.8) is 0 Å². The van der Waals surface area contributed by atoms with E-state index < -0.39 is 0 Å². The van der Waals surface area contributed by atoms with Crippen LogP contribution in [0.3, 0.4) is 0 Å². The van der Waals surface area contributed by atoms with Crippen LogP contribution in [0.15, 0.2) is 6.20 Å². The fraction of sp³-hybridized carbons (Fsp3) is 0.800. The molecule has 1 heterocycles. The van der Waals surface area contributed by atoms with Gasteiger partial charge in [0.2, 0.25) is 0 Å². The summed E-state index contributed by atoms with van der Waals surface area (Å²) in [6.07, 6.45) is 5.60. The minimum absolute atomic E-state index is 0.427. The molecule has 4 heteroatoms. The third-order valence-electron chi connectivity index (χ3n) is 2.49. The van der Waals surface area contributed by atoms with Gasteiger partial charge in [0.15, 0.2) is 0 Å². The van der Waals surface area contributed by atoms with E-state index in [1.54, 1.807) is 0 Å². The molecule has 0 aliphatic carbocycles. The summed E-state index contributed by atoms with van der Waals surface area (Å²) in [7, 11) is 2.00. The number of hydrogen-bond acceptors (Lipinski definition) is 4. The molecule has 1 N–H and O–H groups in total. The average Bonchev–Trinajstić information content (AvgIpc) is 2.67. The van der Waals surface area contributed by atoms with E-state index in [1.165, 1.54) is 35.7 Å². The van der Waals surface area contributed by atoms with Crippen LogP contribution in [0.2, 0.25) is 0 Å². The molecule has 0 amide bonds. The van der Waals surface area contributed by atoms with Crippen molar-refractivity contribution in [3.8, 4) is 0 Å². The van der Waals surface area contributed by atoms with E-state index in [0.29, 0.717) is 6.04 Å². The molecule has 0 saturated heterocycles. The first-order valence-corrected chi connectivity index (χ1v) is 5.99. The molecule has 1 aromatic heterocycles. The lowest BCUT2D eigenvalue weighted by Crippen LogP contribution is -2.18. The smallest absolute Gasteiger partial charge is 0.0669 e. The van der Waals surface area contributed by atoms with Crippen LogP contribution < -0.4 is 5.32 Å². The van der Waals surface area contributed by atoms with Crippen LogP contribution in [0.25, 0.3) is 0 Å². The summed E-state index contributed by atoms with van der Waals surface area (Å²) in [5.41, 5.74) is 0. The van der Waals surface area contributed by atoms with Gasteiger partial charge in [0.05, 0.1) is 11.1 Å². The molecule has 1 aromatic rings. The van der Waals surface area contributed by atoms with Gasteiger partial charge in [-0.25, -0.2) is 0 Å². The second-order valence-electron chi connectivity index (χ2n) is 3.79. The third kappa shape index (κ3) is 3.35. The molecule has 0 fully saturated rings. The molecule has 80 valence electrons. The van der Waals surface area contributed by atoms with Crippen molar-refractivity contribution in [3.05, 3.63) is 11.1 Å². The summed E-state index contributed by atoms with van der Waals surface area (Å²) in [5, 5.41) is 7.20. The molecule has 0 aliphatic heterocycles. The highest BCUT2D eigenvalue weighted by Gasteiger charge is 2.14. The summed E-state index contributed by atoms with van der Waals surface area (Å²) in [6.45, 7) is 4.54. The molecular formula is C10H19N3S. The molecule has 14 heavy (non-hydrogen) atoms. The number of nitrogens with zero attached hydrogens (tertiary/aromatic N) is 2. The van der Waals surface area contributed by atoms with E-state index in [1.807, 2.05) is 13.2 Å². The van der Waals surface area contributed by atoms with E-state index >= 15 is 0 Å². The zero-order valence-electron chi connectivity index (χ0n) is 9.16.